The molecule has 1 aliphatic carbocycles. The number of hydrogen-bond acceptors (Lipinski definition) is 2. The van der Waals surface area contributed by atoms with Crippen LogP contribution < -0.4 is 11.1 Å². The maximum Gasteiger partial charge on any atom is 0.138 e. The molecule has 0 aliphatic heterocycles. The van der Waals surface area contributed by atoms with E-state index in [2.05, 4.69) is 5.32 Å². The summed E-state index contributed by atoms with van der Waals surface area (Å²) in [4.78, 5) is 0. The van der Waals surface area contributed by atoms with E-state index in [1.54, 1.807) is 6.07 Å². The minimum absolute atomic E-state index is 0.207. The Balaban J connectivity index is 2.03. The zero-order valence-electron chi connectivity index (χ0n) is 8.39. The predicted octanol–water partition coefficient (Wildman–Crippen LogP) is 3.22. The van der Waals surface area contributed by atoms with E-state index in [9.17, 15) is 4.39 Å². The monoisotopic (exact) mass is 320 g/mol. The fourth-order valence-corrected chi connectivity index (χ4v) is 2.16. The first-order chi connectivity index (χ1) is 7.16. The van der Waals surface area contributed by atoms with Crippen LogP contribution in [-0.2, 0) is 0 Å². The standard InChI is InChI=1S/C11H14FIN2/c12-8-4-11(10(14)5-9(8)13)15-6-7-2-1-3-7/h4-5,7,15H,1-3,6,14H2. The van der Waals surface area contributed by atoms with Crippen LogP contribution >= 0.6 is 22.6 Å². The van der Waals surface area contributed by atoms with Gasteiger partial charge in [-0.05, 0) is 47.4 Å². The summed E-state index contributed by atoms with van der Waals surface area (Å²) in [6.07, 6.45) is 3.88. The molecule has 0 amide bonds. The van der Waals surface area contributed by atoms with Crippen molar-refractivity contribution in [3.05, 3.63) is 21.5 Å². The summed E-state index contributed by atoms with van der Waals surface area (Å²) in [6.45, 7) is 0.907. The van der Waals surface area contributed by atoms with Gasteiger partial charge in [-0.2, -0.15) is 0 Å². The summed E-state index contributed by atoms with van der Waals surface area (Å²) in [5, 5.41) is 3.21. The zero-order valence-corrected chi connectivity index (χ0v) is 10.6. The van der Waals surface area contributed by atoms with Gasteiger partial charge in [0.15, 0.2) is 0 Å². The highest BCUT2D eigenvalue weighted by Crippen LogP contribution is 2.28. The van der Waals surface area contributed by atoms with Crippen LogP contribution in [-0.4, -0.2) is 6.54 Å². The number of halogens is 2. The van der Waals surface area contributed by atoms with E-state index in [1.807, 2.05) is 22.6 Å². The van der Waals surface area contributed by atoms with Crippen molar-refractivity contribution in [1.29, 1.82) is 0 Å². The second kappa shape index (κ2) is 4.55. The molecular weight excluding hydrogens is 306 g/mol. The molecule has 3 N–H and O–H groups in total. The van der Waals surface area contributed by atoms with Crippen LogP contribution in [0.15, 0.2) is 12.1 Å². The lowest BCUT2D eigenvalue weighted by molar-refractivity contribution is 0.333. The molecule has 0 unspecified atom stereocenters. The zero-order chi connectivity index (χ0) is 10.8. The molecule has 1 fully saturated rings. The minimum Gasteiger partial charge on any atom is -0.397 e. The summed E-state index contributed by atoms with van der Waals surface area (Å²) in [5.74, 6) is 0.535. The molecule has 0 bridgehead atoms. The van der Waals surface area contributed by atoms with Crippen molar-refractivity contribution in [3.8, 4) is 0 Å². The lowest BCUT2D eigenvalue weighted by Crippen LogP contribution is -2.21. The molecular formula is C11H14FIN2. The van der Waals surface area contributed by atoms with Crippen LogP contribution in [0.2, 0.25) is 0 Å². The Labute approximate surface area is 103 Å². The van der Waals surface area contributed by atoms with Gasteiger partial charge in [-0.15, -0.1) is 0 Å². The molecule has 0 radical (unpaired) electrons. The number of hydrogen-bond donors (Lipinski definition) is 2. The Kier molecular flexibility index (Phi) is 3.33. The second-order valence-corrected chi connectivity index (χ2v) is 5.19. The molecule has 15 heavy (non-hydrogen) atoms. The molecule has 82 valence electrons. The Bertz CT molecular complexity index is 364. The highest BCUT2D eigenvalue weighted by atomic mass is 127. The third kappa shape index (κ3) is 2.53. The molecule has 0 spiro atoms. The lowest BCUT2D eigenvalue weighted by atomic mass is 9.85. The van der Waals surface area contributed by atoms with Gasteiger partial charge in [0.25, 0.3) is 0 Å². The minimum atomic E-state index is -0.207. The first-order valence-corrected chi connectivity index (χ1v) is 6.23. The quantitative estimate of drug-likeness (QED) is 0.663. The van der Waals surface area contributed by atoms with Crippen LogP contribution in [0.4, 0.5) is 15.8 Å². The van der Waals surface area contributed by atoms with Crippen molar-refractivity contribution in [2.75, 3.05) is 17.6 Å². The van der Waals surface area contributed by atoms with E-state index in [-0.39, 0.29) is 5.82 Å². The number of rotatable bonds is 3. The highest BCUT2D eigenvalue weighted by Gasteiger charge is 2.17. The van der Waals surface area contributed by atoms with E-state index >= 15 is 0 Å². The maximum absolute atomic E-state index is 13.3. The van der Waals surface area contributed by atoms with Crippen molar-refractivity contribution < 1.29 is 4.39 Å². The van der Waals surface area contributed by atoms with E-state index in [0.29, 0.717) is 9.26 Å². The number of anilines is 2. The van der Waals surface area contributed by atoms with Gasteiger partial charge in [-0.3, -0.25) is 0 Å². The van der Waals surface area contributed by atoms with E-state index in [4.69, 9.17) is 5.73 Å². The maximum atomic E-state index is 13.3. The second-order valence-electron chi connectivity index (χ2n) is 4.03. The van der Waals surface area contributed by atoms with Crippen molar-refractivity contribution in [2.45, 2.75) is 19.3 Å². The van der Waals surface area contributed by atoms with Crippen LogP contribution in [0, 0.1) is 15.3 Å². The average Bonchev–Trinajstić information content (AvgIpc) is 2.11. The Morgan fingerprint density at radius 1 is 1.47 bits per heavy atom. The number of benzene rings is 1. The smallest absolute Gasteiger partial charge is 0.138 e. The van der Waals surface area contributed by atoms with E-state index < -0.39 is 0 Å². The van der Waals surface area contributed by atoms with Gasteiger partial charge in [0.1, 0.15) is 5.82 Å². The molecule has 0 atom stereocenters. The molecule has 1 aromatic carbocycles. The molecule has 0 aromatic heterocycles. The molecule has 1 saturated carbocycles. The normalized spacial score (nSPS) is 16.1. The molecule has 4 heteroatoms. The van der Waals surface area contributed by atoms with Crippen molar-refractivity contribution >= 4 is 34.0 Å². The van der Waals surface area contributed by atoms with Crippen LogP contribution in [0.25, 0.3) is 0 Å². The number of nitrogens with two attached hydrogens (primary N) is 1. The first-order valence-electron chi connectivity index (χ1n) is 5.15. The topological polar surface area (TPSA) is 38.0 Å². The summed E-state index contributed by atoms with van der Waals surface area (Å²) in [5.41, 5.74) is 7.15. The Morgan fingerprint density at radius 2 is 2.20 bits per heavy atom. The van der Waals surface area contributed by atoms with Gasteiger partial charge in [0, 0.05) is 12.6 Å². The summed E-state index contributed by atoms with van der Waals surface area (Å²) < 4.78 is 13.8. The summed E-state index contributed by atoms with van der Waals surface area (Å²) in [7, 11) is 0. The lowest BCUT2D eigenvalue weighted by Gasteiger charge is -2.26. The number of nitrogen functional groups attached to an aromatic ring is 1. The third-order valence-corrected chi connectivity index (χ3v) is 3.73. The summed E-state index contributed by atoms with van der Waals surface area (Å²) >= 11 is 1.94. The van der Waals surface area contributed by atoms with Gasteiger partial charge < -0.3 is 11.1 Å². The third-order valence-electron chi connectivity index (χ3n) is 2.90. The van der Waals surface area contributed by atoms with E-state index in [1.165, 1.54) is 25.3 Å². The SMILES string of the molecule is Nc1cc(I)c(F)cc1NCC1CCC1. The molecule has 2 rings (SSSR count). The fraction of sp³-hybridized carbons (Fsp3) is 0.455. The molecule has 0 heterocycles. The van der Waals surface area contributed by atoms with Crippen molar-refractivity contribution in [2.24, 2.45) is 5.92 Å². The van der Waals surface area contributed by atoms with Crippen LogP contribution in [0.1, 0.15) is 19.3 Å². The predicted molar refractivity (Wildman–Crippen MR) is 69.4 cm³/mol. The first kappa shape index (κ1) is 11.0. The molecule has 1 aromatic rings. The Morgan fingerprint density at radius 3 is 2.80 bits per heavy atom. The van der Waals surface area contributed by atoms with E-state index in [0.717, 1.165) is 18.2 Å². The van der Waals surface area contributed by atoms with Crippen LogP contribution in [0.3, 0.4) is 0 Å². The highest BCUT2D eigenvalue weighted by molar-refractivity contribution is 14.1. The van der Waals surface area contributed by atoms with Gasteiger partial charge >= 0.3 is 0 Å². The molecule has 0 saturated heterocycles. The van der Waals surface area contributed by atoms with Crippen LogP contribution in [0.5, 0.6) is 0 Å². The molecule has 1 aliphatic rings. The number of nitrogens with one attached hydrogen (secondary N) is 1. The fourth-order valence-electron chi connectivity index (χ4n) is 1.67. The molecule has 2 nitrogen and oxygen atoms in total. The largest absolute Gasteiger partial charge is 0.397 e. The summed E-state index contributed by atoms with van der Waals surface area (Å²) in [6, 6.07) is 3.15. The van der Waals surface area contributed by atoms with Gasteiger partial charge in [0.2, 0.25) is 0 Å². The average molecular weight is 320 g/mol. The van der Waals surface area contributed by atoms with Crippen molar-refractivity contribution in [1.82, 2.24) is 0 Å². The Hall–Kier alpha value is -0.520. The van der Waals surface area contributed by atoms with Crippen molar-refractivity contribution in [3.63, 3.8) is 0 Å². The van der Waals surface area contributed by atoms with Gasteiger partial charge in [0.05, 0.1) is 14.9 Å². The van der Waals surface area contributed by atoms with Gasteiger partial charge in [-0.25, -0.2) is 4.39 Å². The van der Waals surface area contributed by atoms with Gasteiger partial charge in [-0.1, -0.05) is 6.42 Å².